The van der Waals surface area contributed by atoms with Gasteiger partial charge in [0, 0.05) is 33.4 Å². The topological polar surface area (TPSA) is 56.5 Å². The molecular weight excluding hydrogens is 144 g/mol. The van der Waals surface area contributed by atoms with Crippen molar-refractivity contribution in [1.29, 1.82) is 0 Å². The molecule has 0 amide bonds. The summed E-state index contributed by atoms with van der Waals surface area (Å²) >= 11 is 0. The van der Waals surface area contributed by atoms with Gasteiger partial charge >= 0.3 is 0 Å². The normalized spacial score (nSPS) is 13.4. The molecule has 0 aromatic carbocycles. The minimum absolute atomic E-state index is 0.0804. The van der Waals surface area contributed by atoms with Crippen LogP contribution in [0.4, 0.5) is 0 Å². The number of methoxy groups -OCH3 is 2. The van der Waals surface area contributed by atoms with E-state index in [-0.39, 0.29) is 6.04 Å². The highest BCUT2D eigenvalue weighted by Crippen LogP contribution is 1.76. The van der Waals surface area contributed by atoms with E-state index >= 15 is 0 Å². The molecule has 0 aliphatic heterocycles. The van der Waals surface area contributed by atoms with Crippen molar-refractivity contribution in [2.75, 3.05) is 40.5 Å². The van der Waals surface area contributed by atoms with E-state index in [2.05, 4.69) is 5.32 Å². The third-order valence-corrected chi connectivity index (χ3v) is 1.27. The zero-order valence-corrected chi connectivity index (χ0v) is 7.30. The highest BCUT2D eigenvalue weighted by atomic mass is 16.5. The van der Waals surface area contributed by atoms with Gasteiger partial charge in [0.15, 0.2) is 0 Å². The Bertz CT molecular complexity index is 80.8. The zero-order valence-electron chi connectivity index (χ0n) is 7.30. The summed E-state index contributed by atoms with van der Waals surface area (Å²) in [5.74, 6) is 0. The van der Waals surface area contributed by atoms with Crippen molar-refractivity contribution in [3.63, 3.8) is 0 Å². The van der Waals surface area contributed by atoms with Crippen molar-refractivity contribution >= 4 is 0 Å². The molecule has 1 atom stereocenters. The quantitative estimate of drug-likeness (QED) is 0.481. The van der Waals surface area contributed by atoms with E-state index in [9.17, 15) is 0 Å². The standard InChI is InChI=1S/C7H18N2O2/c1-10-4-3-9-5-7(8)6-11-2/h7,9H,3-6,8H2,1-2H3. The van der Waals surface area contributed by atoms with Gasteiger partial charge in [-0.25, -0.2) is 0 Å². The number of nitrogens with two attached hydrogens (primary N) is 1. The second kappa shape index (κ2) is 7.94. The highest BCUT2D eigenvalue weighted by molar-refractivity contribution is 4.62. The van der Waals surface area contributed by atoms with E-state index in [1.54, 1.807) is 14.2 Å². The lowest BCUT2D eigenvalue weighted by molar-refractivity contribution is 0.173. The maximum absolute atomic E-state index is 5.64. The van der Waals surface area contributed by atoms with Crippen molar-refractivity contribution in [3.05, 3.63) is 0 Å². The predicted octanol–water partition coefficient (Wildman–Crippen LogP) is -0.804. The van der Waals surface area contributed by atoms with Crippen molar-refractivity contribution in [2.45, 2.75) is 6.04 Å². The SMILES string of the molecule is COCCNCC(N)COC. The summed E-state index contributed by atoms with van der Waals surface area (Å²) in [6.45, 7) is 2.94. The van der Waals surface area contributed by atoms with Crippen LogP contribution in [0, 0.1) is 0 Å². The van der Waals surface area contributed by atoms with Crippen LogP contribution in [0.15, 0.2) is 0 Å². The number of rotatable bonds is 7. The average molecular weight is 162 g/mol. The Morgan fingerprint density at radius 3 is 2.64 bits per heavy atom. The summed E-state index contributed by atoms with van der Waals surface area (Å²) in [6, 6.07) is 0.0804. The molecule has 0 aliphatic carbocycles. The third kappa shape index (κ3) is 7.74. The van der Waals surface area contributed by atoms with Crippen LogP contribution in [0.25, 0.3) is 0 Å². The Morgan fingerprint density at radius 2 is 2.09 bits per heavy atom. The second-order valence-corrected chi connectivity index (χ2v) is 2.41. The van der Waals surface area contributed by atoms with Crippen LogP contribution in [0.2, 0.25) is 0 Å². The fourth-order valence-electron chi connectivity index (χ4n) is 0.735. The second-order valence-electron chi connectivity index (χ2n) is 2.41. The lowest BCUT2D eigenvalue weighted by Crippen LogP contribution is -2.38. The molecule has 0 bridgehead atoms. The van der Waals surface area contributed by atoms with Crippen molar-refractivity contribution in [3.8, 4) is 0 Å². The van der Waals surface area contributed by atoms with E-state index in [4.69, 9.17) is 15.2 Å². The van der Waals surface area contributed by atoms with Gasteiger partial charge in [-0.15, -0.1) is 0 Å². The largest absolute Gasteiger partial charge is 0.383 e. The molecule has 0 saturated heterocycles. The van der Waals surface area contributed by atoms with Crippen LogP contribution >= 0.6 is 0 Å². The van der Waals surface area contributed by atoms with E-state index in [1.165, 1.54) is 0 Å². The Balaban J connectivity index is 2.97. The van der Waals surface area contributed by atoms with Crippen LogP contribution < -0.4 is 11.1 Å². The summed E-state index contributed by atoms with van der Waals surface area (Å²) in [4.78, 5) is 0. The monoisotopic (exact) mass is 162 g/mol. The molecule has 11 heavy (non-hydrogen) atoms. The molecule has 0 rings (SSSR count). The molecule has 68 valence electrons. The first-order valence-electron chi connectivity index (χ1n) is 3.75. The molecule has 4 heteroatoms. The Labute approximate surface area is 68.0 Å². The number of ether oxygens (including phenoxy) is 2. The minimum atomic E-state index is 0.0804. The Morgan fingerprint density at radius 1 is 1.36 bits per heavy atom. The summed E-state index contributed by atoms with van der Waals surface area (Å²) < 4.78 is 9.71. The fourth-order valence-corrected chi connectivity index (χ4v) is 0.735. The first-order chi connectivity index (χ1) is 5.31. The van der Waals surface area contributed by atoms with E-state index < -0.39 is 0 Å². The van der Waals surface area contributed by atoms with Crippen LogP contribution in [-0.4, -0.2) is 46.6 Å². The van der Waals surface area contributed by atoms with Crippen LogP contribution in [0.1, 0.15) is 0 Å². The van der Waals surface area contributed by atoms with Crippen molar-refractivity contribution in [2.24, 2.45) is 5.73 Å². The highest BCUT2D eigenvalue weighted by Gasteiger charge is 1.98. The molecule has 0 radical (unpaired) electrons. The van der Waals surface area contributed by atoms with Gasteiger partial charge in [0.2, 0.25) is 0 Å². The fraction of sp³-hybridized carbons (Fsp3) is 1.00. The first kappa shape index (κ1) is 10.8. The molecule has 0 spiro atoms. The van der Waals surface area contributed by atoms with Crippen molar-refractivity contribution < 1.29 is 9.47 Å². The lowest BCUT2D eigenvalue weighted by Gasteiger charge is -2.10. The van der Waals surface area contributed by atoms with Gasteiger partial charge < -0.3 is 20.5 Å². The Hall–Kier alpha value is -0.160. The maximum atomic E-state index is 5.64. The molecule has 0 heterocycles. The van der Waals surface area contributed by atoms with Gasteiger partial charge in [-0.2, -0.15) is 0 Å². The van der Waals surface area contributed by atoms with Crippen LogP contribution in [0.5, 0.6) is 0 Å². The molecular formula is C7H18N2O2. The Kier molecular flexibility index (Phi) is 7.83. The molecule has 0 aromatic rings. The molecule has 0 aliphatic rings. The van der Waals surface area contributed by atoms with Gasteiger partial charge in [-0.1, -0.05) is 0 Å². The van der Waals surface area contributed by atoms with Gasteiger partial charge in [0.1, 0.15) is 0 Å². The third-order valence-electron chi connectivity index (χ3n) is 1.27. The van der Waals surface area contributed by atoms with Gasteiger partial charge in [-0.05, 0) is 0 Å². The summed E-state index contributed by atoms with van der Waals surface area (Å²) in [5.41, 5.74) is 5.64. The molecule has 0 aromatic heterocycles. The van der Waals surface area contributed by atoms with Gasteiger partial charge in [0.05, 0.1) is 13.2 Å². The van der Waals surface area contributed by atoms with E-state index in [0.29, 0.717) is 6.61 Å². The number of nitrogens with one attached hydrogen (secondary N) is 1. The van der Waals surface area contributed by atoms with Crippen molar-refractivity contribution in [1.82, 2.24) is 5.32 Å². The maximum Gasteiger partial charge on any atom is 0.0626 e. The number of hydrogen-bond acceptors (Lipinski definition) is 4. The smallest absolute Gasteiger partial charge is 0.0626 e. The van der Waals surface area contributed by atoms with E-state index in [0.717, 1.165) is 19.7 Å². The summed E-state index contributed by atoms with van der Waals surface area (Å²) in [5, 5.41) is 3.14. The van der Waals surface area contributed by atoms with E-state index in [1.807, 2.05) is 0 Å². The lowest BCUT2D eigenvalue weighted by atomic mass is 10.3. The zero-order chi connectivity index (χ0) is 8.53. The first-order valence-corrected chi connectivity index (χ1v) is 3.75. The summed E-state index contributed by atoms with van der Waals surface area (Å²) in [7, 11) is 3.33. The molecule has 4 nitrogen and oxygen atoms in total. The number of hydrogen-bond donors (Lipinski definition) is 2. The predicted molar refractivity (Wildman–Crippen MR) is 44.6 cm³/mol. The molecule has 1 unspecified atom stereocenters. The average Bonchev–Trinajstić information content (AvgIpc) is 1.99. The molecule has 0 fully saturated rings. The molecule has 0 saturated carbocycles. The summed E-state index contributed by atoms with van der Waals surface area (Å²) in [6.07, 6.45) is 0. The molecule has 3 N–H and O–H groups in total. The van der Waals surface area contributed by atoms with Crippen LogP contribution in [0.3, 0.4) is 0 Å². The minimum Gasteiger partial charge on any atom is -0.383 e. The van der Waals surface area contributed by atoms with Gasteiger partial charge in [-0.3, -0.25) is 0 Å². The van der Waals surface area contributed by atoms with Crippen LogP contribution in [-0.2, 0) is 9.47 Å². The van der Waals surface area contributed by atoms with Gasteiger partial charge in [0.25, 0.3) is 0 Å².